The zero-order valence-corrected chi connectivity index (χ0v) is 18.1. The van der Waals surface area contributed by atoms with E-state index in [2.05, 4.69) is 57.0 Å². The zero-order chi connectivity index (χ0) is 21.1. The van der Waals surface area contributed by atoms with Crippen LogP contribution in [0.1, 0.15) is 50.9 Å². The summed E-state index contributed by atoms with van der Waals surface area (Å²) >= 11 is 0. The summed E-state index contributed by atoms with van der Waals surface area (Å²) < 4.78 is 0. The van der Waals surface area contributed by atoms with E-state index in [0.29, 0.717) is 24.6 Å². The van der Waals surface area contributed by atoms with Gasteiger partial charge in [-0.05, 0) is 58.2 Å². The van der Waals surface area contributed by atoms with Crippen LogP contribution in [0.5, 0.6) is 0 Å². The molecule has 3 atom stereocenters. The number of aromatic nitrogens is 1. The number of aliphatic imine (C=N–C) groups is 4. The van der Waals surface area contributed by atoms with E-state index in [-0.39, 0.29) is 18.2 Å². The molecule has 8 heteroatoms. The molecule has 156 valence electrons. The summed E-state index contributed by atoms with van der Waals surface area (Å²) in [6.45, 7) is 12.6. The average molecular weight is 398 g/mol. The fourth-order valence-electron chi connectivity index (χ4n) is 3.46. The Balaban J connectivity index is 1.89. The molecule has 0 saturated heterocycles. The van der Waals surface area contributed by atoms with Crippen molar-refractivity contribution in [3.63, 3.8) is 0 Å². The van der Waals surface area contributed by atoms with Crippen LogP contribution in [0.15, 0.2) is 32.2 Å². The van der Waals surface area contributed by atoms with Gasteiger partial charge >= 0.3 is 0 Å². The van der Waals surface area contributed by atoms with Crippen molar-refractivity contribution in [3.05, 3.63) is 29.1 Å². The SMILES string of the molecule is CC/C(=N\C1=NC2C(N=CN2C(C)C)C(NCc2cnc(C)cc2C)=N1)[C@@H](C)O. The maximum absolute atomic E-state index is 9.95. The fraction of sp³-hybridized carbons (Fsp3) is 0.571. The van der Waals surface area contributed by atoms with Gasteiger partial charge in [0.1, 0.15) is 11.9 Å². The molecule has 0 spiro atoms. The second-order valence-corrected chi connectivity index (χ2v) is 7.83. The molecule has 0 aromatic carbocycles. The predicted octanol–water partition coefficient (Wildman–Crippen LogP) is 2.23. The third kappa shape index (κ3) is 4.70. The first-order valence-electron chi connectivity index (χ1n) is 10.2. The monoisotopic (exact) mass is 397 g/mol. The van der Waals surface area contributed by atoms with E-state index in [1.165, 1.54) is 5.56 Å². The van der Waals surface area contributed by atoms with Crippen molar-refractivity contribution >= 4 is 23.8 Å². The Morgan fingerprint density at radius 1 is 1.31 bits per heavy atom. The van der Waals surface area contributed by atoms with Crippen molar-refractivity contribution in [1.29, 1.82) is 0 Å². The van der Waals surface area contributed by atoms with E-state index in [0.717, 1.165) is 17.1 Å². The van der Waals surface area contributed by atoms with E-state index in [9.17, 15) is 5.11 Å². The maximum atomic E-state index is 9.95. The number of aliphatic hydroxyl groups excluding tert-OH is 1. The largest absolute Gasteiger partial charge is 0.387 e. The van der Waals surface area contributed by atoms with Gasteiger partial charge in [-0.1, -0.05) is 6.92 Å². The molecule has 8 nitrogen and oxygen atoms in total. The number of nitrogens with zero attached hydrogens (tertiary/aromatic N) is 6. The molecule has 2 aliphatic heterocycles. The van der Waals surface area contributed by atoms with Crippen molar-refractivity contribution in [2.45, 2.75) is 78.9 Å². The van der Waals surface area contributed by atoms with Crippen LogP contribution in [0.4, 0.5) is 0 Å². The Morgan fingerprint density at radius 3 is 2.69 bits per heavy atom. The number of aliphatic hydroxyl groups is 1. The molecule has 0 radical (unpaired) electrons. The van der Waals surface area contributed by atoms with Gasteiger partial charge in [0, 0.05) is 30.2 Å². The minimum atomic E-state index is -0.630. The molecule has 29 heavy (non-hydrogen) atoms. The van der Waals surface area contributed by atoms with Gasteiger partial charge < -0.3 is 15.3 Å². The second-order valence-electron chi connectivity index (χ2n) is 7.83. The molecule has 2 aliphatic rings. The first kappa shape index (κ1) is 21.1. The first-order valence-corrected chi connectivity index (χ1v) is 10.2. The van der Waals surface area contributed by atoms with E-state index >= 15 is 0 Å². The van der Waals surface area contributed by atoms with Crippen LogP contribution >= 0.6 is 0 Å². The summed E-state index contributed by atoms with van der Waals surface area (Å²) in [6, 6.07) is 2.14. The van der Waals surface area contributed by atoms with Crippen molar-refractivity contribution < 1.29 is 5.11 Å². The van der Waals surface area contributed by atoms with Crippen LogP contribution in [0.2, 0.25) is 0 Å². The lowest BCUT2D eigenvalue weighted by Gasteiger charge is -2.31. The van der Waals surface area contributed by atoms with Gasteiger partial charge in [0.25, 0.3) is 0 Å². The number of pyridine rings is 1. The molecule has 2 unspecified atom stereocenters. The van der Waals surface area contributed by atoms with Crippen molar-refractivity contribution in [3.8, 4) is 0 Å². The Hall–Kier alpha value is -2.61. The Morgan fingerprint density at radius 2 is 2.07 bits per heavy atom. The third-order valence-corrected chi connectivity index (χ3v) is 5.20. The Kier molecular flexibility index (Phi) is 6.42. The van der Waals surface area contributed by atoms with Gasteiger partial charge in [0.2, 0.25) is 5.96 Å². The normalized spacial score (nSPS) is 22.5. The van der Waals surface area contributed by atoms with Crippen LogP contribution in [0.3, 0.4) is 0 Å². The molecule has 0 saturated carbocycles. The van der Waals surface area contributed by atoms with Crippen molar-refractivity contribution in [2.75, 3.05) is 0 Å². The number of fused-ring (bicyclic) bond motifs is 1. The highest BCUT2D eigenvalue weighted by molar-refractivity contribution is 6.07. The maximum Gasteiger partial charge on any atom is 0.248 e. The van der Waals surface area contributed by atoms with E-state index in [4.69, 9.17) is 4.99 Å². The number of hydrogen-bond donors (Lipinski definition) is 2. The Bertz CT molecular complexity index is 870. The van der Waals surface area contributed by atoms with Gasteiger partial charge in [-0.15, -0.1) is 0 Å². The number of amidine groups is 1. The van der Waals surface area contributed by atoms with Gasteiger partial charge in [-0.2, -0.15) is 4.99 Å². The fourth-order valence-corrected chi connectivity index (χ4v) is 3.46. The van der Waals surface area contributed by atoms with Gasteiger partial charge in [-0.3, -0.25) is 9.98 Å². The lowest BCUT2D eigenvalue weighted by molar-refractivity contribution is 0.260. The number of aryl methyl sites for hydroxylation is 2. The van der Waals surface area contributed by atoms with Gasteiger partial charge in [-0.25, -0.2) is 9.98 Å². The van der Waals surface area contributed by atoms with Crippen LogP contribution in [0, 0.1) is 13.8 Å². The summed E-state index contributed by atoms with van der Waals surface area (Å²) in [5.74, 6) is 1.12. The van der Waals surface area contributed by atoms with Crippen LogP contribution in [0.25, 0.3) is 0 Å². The topological polar surface area (TPSA) is 97.8 Å². The quantitative estimate of drug-likeness (QED) is 0.745. The van der Waals surface area contributed by atoms with Crippen molar-refractivity contribution in [1.82, 2.24) is 15.2 Å². The molecule has 1 aromatic rings. The van der Waals surface area contributed by atoms with Crippen LogP contribution in [-0.2, 0) is 6.54 Å². The minimum absolute atomic E-state index is 0.182. The van der Waals surface area contributed by atoms with Gasteiger partial charge in [0.05, 0.1) is 12.4 Å². The van der Waals surface area contributed by atoms with Crippen LogP contribution in [-0.4, -0.2) is 63.2 Å². The number of guanidine groups is 1. The van der Waals surface area contributed by atoms with Crippen LogP contribution < -0.4 is 5.32 Å². The van der Waals surface area contributed by atoms with E-state index < -0.39 is 6.10 Å². The standard InChI is InChI=1S/C21H31N7O/c1-7-17(15(6)29)25-21-26-19(18-20(27-21)28(11-24-18)12(2)3)23-10-16-9-22-14(5)8-13(16)4/h8-9,11-12,15,18,20,29H,7,10H2,1-6H3,(H,23,26,27)/b25-17+/t15-,18?,20?/m1/s1. The summed E-state index contributed by atoms with van der Waals surface area (Å²) in [5.41, 5.74) is 3.97. The highest BCUT2D eigenvalue weighted by atomic mass is 16.3. The first-order chi connectivity index (χ1) is 13.8. The lowest BCUT2D eigenvalue weighted by atomic mass is 10.1. The zero-order valence-electron chi connectivity index (χ0n) is 18.1. The molecule has 0 amide bonds. The van der Waals surface area contributed by atoms with Crippen molar-refractivity contribution in [2.24, 2.45) is 20.0 Å². The summed E-state index contributed by atoms with van der Waals surface area (Å²) in [6.07, 6.45) is 3.57. The summed E-state index contributed by atoms with van der Waals surface area (Å²) in [7, 11) is 0. The molecular formula is C21H31N7O. The molecule has 0 bridgehead atoms. The van der Waals surface area contributed by atoms with E-state index in [1.807, 2.05) is 26.4 Å². The number of rotatable bonds is 5. The second kappa shape index (κ2) is 8.82. The molecule has 3 rings (SSSR count). The molecule has 1 aromatic heterocycles. The summed E-state index contributed by atoms with van der Waals surface area (Å²) in [4.78, 5) is 25.1. The molecule has 2 N–H and O–H groups in total. The summed E-state index contributed by atoms with van der Waals surface area (Å²) in [5, 5.41) is 13.4. The van der Waals surface area contributed by atoms with Gasteiger partial charge in [0.15, 0.2) is 6.17 Å². The predicted molar refractivity (Wildman–Crippen MR) is 118 cm³/mol. The Labute approximate surface area is 172 Å². The molecular weight excluding hydrogens is 366 g/mol. The highest BCUT2D eigenvalue weighted by Crippen LogP contribution is 2.23. The molecule has 0 aliphatic carbocycles. The highest BCUT2D eigenvalue weighted by Gasteiger charge is 2.38. The molecule has 0 fully saturated rings. The number of hydrogen-bond acceptors (Lipinski definition) is 8. The van der Waals surface area contributed by atoms with E-state index in [1.54, 1.807) is 6.92 Å². The minimum Gasteiger partial charge on any atom is -0.387 e. The third-order valence-electron chi connectivity index (χ3n) is 5.20. The number of nitrogens with one attached hydrogen (secondary N) is 1. The smallest absolute Gasteiger partial charge is 0.248 e. The lowest BCUT2D eigenvalue weighted by Crippen LogP contribution is -2.48. The average Bonchev–Trinajstić information content (AvgIpc) is 3.09. The molecule has 3 heterocycles.